The molecule has 0 atom stereocenters. The molecule has 0 aliphatic heterocycles. The Morgan fingerprint density at radius 3 is 2.70 bits per heavy atom. The Morgan fingerprint density at radius 2 is 2.00 bits per heavy atom. The van der Waals surface area contributed by atoms with Crippen LogP contribution in [0.5, 0.6) is 0 Å². The molecule has 104 valence electrons. The molecule has 0 bridgehead atoms. The number of amides is 1. The molecule has 0 saturated heterocycles. The van der Waals surface area contributed by atoms with E-state index in [1.807, 2.05) is 30.3 Å². The highest BCUT2D eigenvalue weighted by Crippen LogP contribution is 2.01. The van der Waals surface area contributed by atoms with Gasteiger partial charge in [-0.05, 0) is 5.56 Å². The molecule has 20 heavy (non-hydrogen) atoms. The molecule has 0 fully saturated rings. The molecule has 6 nitrogen and oxygen atoms in total. The first kappa shape index (κ1) is 13.8. The molecule has 0 aliphatic rings. The molecule has 2 aromatic rings. The first-order valence-corrected chi connectivity index (χ1v) is 6.21. The number of nitrogens with zero attached hydrogens (tertiary/aromatic N) is 2. The molecule has 2 N–H and O–H groups in total. The highest BCUT2D eigenvalue weighted by molar-refractivity contribution is 5.93. The minimum atomic E-state index is -0.893. The maximum absolute atomic E-state index is 11.9. The number of rotatable bonds is 6. The number of benzene rings is 1. The molecule has 0 radical (unpaired) electrons. The van der Waals surface area contributed by atoms with Gasteiger partial charge in [-0.3, -0.25) is 14.3 Å². The summed E-state index contributed by atoms with van der Waals surface area (Å²) in [6.45, 7) is 0.696. The summed E-state index contributed by atoms with van der Waals surface area (Å²) in [7, 11) is 0. The maximum atomic E-state index is 11.9. The summed E-state index contributed by atoms with van der Waals surface area (Å²) in [6.07, 6.45) is 2.96. The van der Waals surface area contributed by atoms with Crippen molar-refractivity contribution in [3.05, 3.63) is 53.9 Å². The van der Waals surface area contributed by atoms with Crippen molar-refractivity contribution in [2.75, 3.05) is 0 Å². The minimum absolute atomic E-state index is 0.0211. The Balaban J connectivity index is 1.88. The van der Waals surface area contributed by atoms with E-state index in [0.717, 1.165) is 5.56 Å². The molecule has 6 heteroatoms. The quantitative estimate of drug-likeness (QED) is 0.830. The first-order chi connectivity index (χ1) is 9.65. The monoisotopic (exact) mass is 273 g/mol. The third kappa shape index (κ3) is 3.94. The number of aromatic nitrogens is 2. The van der Waals surface area contributed by atoms with E-state index in [1.165, 1.54) is 10.9 Å². The van der Waals surface area contributed by atoms with Crippen molar-refractivity contribution < 1.29 is 14.7 Å². The lowest BCUT2D eigenvalue weighted by atomic mass is 10.2. The van der Waals surface area contributed by atoms with Crippen molar-refractivity contribution in [3.8, 4) is 0 Å². The van der Waals surface area contributed by atoms with E-state index in [4.69, 9.17) is 5.11 Å². The molecule has 1 aromatic heterocycles. The van der Waals surface area contributed by atoms with Crippen molar-refractivity contribution >= 4 is 11.9 Å². The van der Waals surface area contributed by atoms with Gasteiger partial charge in [0.25, 0.3) is 5.91 Å². The van der Waals surface area contributed by atoms with E-state index in [2.05, 4.69) is 10.4 Å². The molecule has 0 saturated carbocycles. The highest BCUT2D eigenvalue weighted by atomic mass is 16.4. The number of hydrogen-bond acceptors (Lipinski definition) is 3. The van der Waals surface area contributed by atoms with Crippen LogP contribution in [0, 0.1) is 0 Å². The van der Waals surface area contributed by atoms with Crippen LogP contribution in [0.25, 0.3) is 0 Å². The Labute approximate surface area is 116 Å². The van der Waals surface area contributed by atoms with E-state index in [0.29, 0.717) is 12.1 Å². The zero-order valence-corrected chi connectivity index (χ0v) is 10.8. The topological polar surface area (TPSA) is 84.2 Å². The van der Waals surface area contributed by atoms with Gasteiger partial charge in [-0.1, -0.05) is 30.3 Å². The fourth-order valence-corrected chi connectivity index (χ4v) is 1.69. The molecule has 0 aliphatic carbocycles. The van der Waals surface area contributed by atoms with Gasteiger partial charge in [-0.2, -0.15) is 5.10 Å². The Hall–Kier alpha value is -2.63. The second-order valence-electron chi connectivity index (χ2n) is 4.30. The summed E-state index contributed by atoms with van der Waals surface area (Å²) in [5, 5.41) is 15.3. The lowest BCUT2D eigenvalue weighted by Gasteiger charge is -2.03. The number of carboxylic acid groups (broad SMARTS) is 1. The van der Waals surface area contributed by atoms with Gasteiger partial charge >= 0.3 is 5.97 Å². The van der Waals surface area contributed by atoms with Crippen LogP contribution in [0.2, 0.25) is 0 Å². The van der Waals surface area contributed by atoms with Crippen LogP contribution < -0.4 is 5.32 Å². The SMILES string of the molecule is O=C(O)CCn1cc(C(=O)NCc2ccccc2)cn1. The van der Waals surface area contributed by atoms with Crippen LogP contribution in [0.15, 0.2) is 42.7 Å². The Kier molecular flexibility index (Phi) is 4.49. The van der Waals surface area contributed by atoms with Gasteiger partial charge in [0.15, 0.2) is 0 Å². The Bertz CT molecular complexity index is 593. The lowest BCUT2D eigenvalue weighted by molar-refractivity contribution is -0.137. The van der Waals surface area contributed by atoms with Gasteiger partial charge in [0.1, 0.15) is 0 Å². The zero-order chi connectivity index (χ0) is 14.4. The fraction of sp³-hybridized carbons (Fsp3) is 0.214. The van der Waals surface area contributed by atoms with E-state index >= 15 is 0 Å². The summed E-state index contributed by atoms with van der Waals surface area (Å²) in [5.74, 6) is -1.12. The average Bonchev–Trinajstić information content (AvgIpc) is 2.92. The van der Waals surface area contributed by atoms with Crippen molar-refractivity contribution in [1.29, 1.82) is 0 Å². The number of carbonyl (C=O) groups is 2. The molecule has 1 amide bonds. The molecule has 0 unspecified atom stereocenters. The van der Waals surface area contributed by atoms with Crippen molar-refractivity contribution in [2.45, 2.75) is 19.5 Å². The van der Waals surface area contributed by atoms with Crippen molar-refractivity contribution in [2.24, 2.45) is 0 Å². The number of aliphatic carboxylic acids is 1. The van der Waals surface area contributed by atoms with Gasteiger partial charge in [0, 0.05) is 12.7 Å². The van der Waals surface area contributed by atoms with Crippen molar-refractivity contribution in [3.63, 3.8) is 0 Å². The van der Waals surface area contributed by atoms with Crippen LogP contribution in [0.1, 0.15) is 22.3 Å². The predicted molar refractivity (Wildman–Crippen MR) is 72.1 cm³/mol. The predicted octanol–water partition coefficient (Wildman–Crippen LogP) is 1.29. The van der Waals surface area contributed by atoms with Gasteiger partial charge in [0.05, 0.1) is 24.7 Å². The number of hydrogen-bond donors (Lipinski definition) is 2. The second kappa shape index (κ2) is 6.51. The molecule has 1 heterocycles. The smallest absolute Gasteiger partial charge is 0.305 e. The van der Waals surface area contributed by atoms with Crippen LogP contribution >= 0.6 is 0 Å². The van der Waals surface area contributed by atoms with Crippen LogP contribution in [-0.2, 0) is 17.9 Å². The van der Waals surface area contributed by atoms with Crippen molar-refractivity contribution in [1.82, 2.24) is 15.1 Å². The maximum Gasteiger partial charge on any atom is 0.305 e. The summed E-state index contributed by atoms with van der Waals surface area (Å²) < 4.78 is 1.45. The third-order valence-electron chi connectivity index (χ3n) is 2.75. The molecular formula is C14H15N3O3. The summed E-state index contributed by atoms with van der Waals surface area (Å²) in [5.41, 5.74) is 1.44. The molecular weight excluding hydrogens is 258 g/mol. The van der Waals surface area contributed by atoms with Gasteiger partial charge in [-0.25, -0.2) is 0 Å². The first-order valence-electron chi connectivity index (χ1n) is 6.21. The second-order valence-corrected chi connectivity index (χ2v) is 4.30. The number of carboxylic acids is 1. The lowest BCUT2D eigenvalue weighted by Crippen LogP contribution is -2.22. The van der Waals surface area contributed by atoms with Gasteiger partial charge in [0.2, 0.25) is 0 Å². The number of aryl methyl sites for hydroxylation is 1. The Morgan fingerprint density at radius 1 is 1.25 bits per heavy atom. The minimum Gasteiger partial charge on any atom is -0.481 e. The summed E-state index contributed by atoms with van der Waals surface area (Å²) in [6, 6.07) is 9.59. The zero-order valence-electron chi connectivity index (χ0n) is 10.8. The molecule has 0 spiro atoms. The summed E-state index contributed by atoms with van der Waals surface area (Å²) >= 11 is 0. The summed E-state index contributed by atoms with van der Waals surface area (Å²) in [4.78, 5) is 22.3. The van der Waals surface area contributed by atoms with E-state index < -0.39 is 5.97 Å². The third-order valence-corrected chi connectivity index (χ3v) is 2.75. The van der Waals surface area contributed by atoms with Crippen LogP contribution in [0.3, 0.4) is 0 Å². The standard InChI is InChI=1S/C14H15N3O3/c18-13(19)6-7-17-10-12(9-16-17)14(20)15-8-11-4-2-1-3-5-11/h1-5,9-10H,6-8H2,(H,15,20)(H,18,19). The van der Waals surface area contributed by atoms with E-state index in [-0.39, 0.29) is 18.9 Å². The molecule has 2 rings (SSSR count). The average molecular weight is 273 g/mol. The van der Waals surface area contributed by atoms with Crippen LogP contribution in [0.4, 0.5) is 0 Å². The normalized spacial score (nSPS) is 10.2. The van der Waals surface area contributed by atoms with Gasteiger partial charge in [-0.15, -0.1) is 0 Å². The van der Waals surface area contributed by atoms with Gasteiger partial charge < -0.3 is 10.4 Å². The van der Waals surface area contributed by atoms with Crippen LogP contribution in [-0.4, -0.2) is 26.8 Å². The van der Waals surface area contributed by atoms with E-state index in [1.54, 1.807) is 6.20 Å². The largest absolute Gasteiger partial charge is 0.481 e. The fourth-order valence-electron chi connectivity index (χ4n) is 1.69. The highest BCUT2D eigenvalue weighted by Gasteiger charge is 2.08. The number of nitrogens with one attached hydrogen (secondary N) is 1. The number of carbonyl (C=O) groups excluding carboxylic acids is 1. The molecule has 1 aromatic carbocycles. The van der Waals surface area contributed by atoms with E-state index in [9.17, 15) is 9.59 Å².